The van der Waals surface area contributed by atoms with Crippen molar-refractivity contribution < 1.29 is 27.8 Å². The molecule has 0 atom stereocenters. The van der Waals surface area contributed by atoms with Crippen molar-refractivity contribution in [1.29, 1.82) is 0 Å². The fourth-order valence-electron chi connectivity index (χ4n) is 3.34. The van der Waals surface area contributed by atoms with E-state index < -0.39 is 12.6 Å². The van der Waals surface area contributed by atoms with Gasteiger partial charge in [-0.15, -0.1) is 0 Å². The number of hydrogen-bond acceptors (Lipinski definition) is 6. The summed E-state index contributed by atoms with van der Waals surface area (Å²) in [6.07, 6.45) is 5.43. The molecule has 5 rings (SSSR count). The van der Waals surface area contributed by atoms with Gasteiger partial charge in [0.1, 0.15) is 23.8 Å². The highest BCUT2D eigenvalue weighted by Gasteiger charge is 2.24. The van der Waals surface area contributed by atoms with Crippen molar-refractivity contribution in [2.24, 2.45) is 4.99 Å². The second kappa shape index (κ2) is 9.14. The lowest BCUT2D eigenvalue weighted by atomic mass is 10.2. The number of ether oxygens (including phenoxy) is 3. The van der Waals surface area contributed by atoms with Crippen molar-refractivity contribution >= 4 is 23.6 Å². The first-order valence-corrected chi connectivity index (χ1v) is 10.3. The Hall–Kier alpha value is -4.53. The van der Waals surface area contributed by atoms with Gasteiger partial charge in [-0.1, -0.05) is 18.2 Å². The van der Waals surface area contributed by atoms with Crippen LogP contribution in [0.3, 0.4) is 0 Å². The van der Waals surface area contributed by atoms with Gasteiger partial charge in [0.2, 0.25) is 5.90 Å². The van der Waals surface area contributed by atoms with Gasteiger partial charge in [0.15, 0.2) is 5.70 Å². The van der Waals surface area contributed by atoms with Gasteiger partial charge in [0.05, 0.1) is 5.69 Å². The quantitative estimate of drug-likeness (QED) is 0.290. The molecule has 0 unspecified atom stereocenters. The minimum Gasteiger partial charge on any atom is -0.487 e. The number of aliphatic imine (C=N–C) groups is 1. The largest absolute Gasteiger partial charge is 0.487 e. The van der Waals surface area contributed by atoms with Crippen molar-refractivity contribution in [3.05, 3.63) is 102 Å². The number of nitrogens with zero attached hydrogens (tertiary/aromatic N) is 3. The lowest BCUT2D eigenvalue weighted by Crippen LogP contribution is -2.06. The van der Waals surface area contributed by atoms with Gasteiger partial charge in [-0.3, -0.25) is 0 Å². The smallest absolute Gasteiger partial charge is 0.387 e. The molecule has 170 valence electrons. The van der Waals surface area contributed by atoms with Crippen LogP contribution in [-0.2, 0) is 16.1 Å². The van der Waals surface area contributed by atoms with E-state index in [4.69, 9.17) is 9.47 Å². The maximum Gasteiger partial charge on any atom is 0.387 e. The second-order valence-electron chi connectivity index (χ2n) is 7.29. The third-order valence-electron chi connectivity index (χ3n) is 4.93. The van der Waals surface area contributed by atoms with Crippen LogP contribution < -0.4 is 9.47 Å². The number of fused-ring (bicyclic) bond motifs is 1. The molecule has 3 heterocycles. The minimum absolute atomic E-state index is 0.00272. The van der Waals surface area contributed by atoms with Gasteiger partial charge in [-0.25, -0.2) is 14.8 Å². The Morgan fingerprint density at radius 1 is 1.00 bits per heavy atom. The monoisotopic (exact) mass is 461 g/mol. The van der Waals surface area contributed by atoms with E-state index in [-0.39, 0.29) is 17.3 Å². The highest BCUT2D eigenvalue weighted by molar-refractivity contribution is 6.12. The number of halogens is 2. The summed E-state index contributed by atoms with van der Waals surface area (Å²) in [6, 6.07) is 18.6. The molecule has 1 aliphatic heterocycles. The third kappa shape index (κ3) is 4.78. The number of alkyl halides is 2. The molecule has 0 fully saturated rings. The Kier molecular flexibility index (Phi) is 5.73. The van der Waals surface area contributed by atoms with E-state index in [0.717, 1.165) is 16.9 Å². The first kappa shape index (κ1) is 21.3. The van der Waals surface area contributed by atoms with Crippen molar-refractivity contribution in [2.45, 2.75) is 13.2 Å². The fourth-order valence-corrected chi connectivity index (χ4v) is 3.34. The molecular weight excluding hydrogens is 444 g/mol. The maximum atomic E-state index is 12.3. The highest BCUT2D eigenvalue weighted by Crippen LogP contribution is 2.23. The lowest BCUT2D eigenvalue weighted by molar-refractivity contribution is -0.129. The number of benzene rings is 2. The predicted octanol–water partition coefficient (Wildman–Crippen LogP) is 4.86. The van der Waals surface area contributed by atoms with Crippen LogP contribution in [0.4, 0.5) is 8.78 Å². The first-order valence-electron chi connectivity index (χ1n) is 10.3. The van der Waals surface area contributed by atoms with E-state index in [2.05, 4.69) is 14.7 Å². The Labute approximate surface area is 192 Å². The lowest BCUT2D eigenvalue weighted by Gasteiger charge is -2.04. The van der Waals surface area contributed by atoms with Gasteiger partial charge in [0, 0.05) is 18.0 Å². The molecule has 0 saturated heterocycles. The summed E-state index contributed by atoms with van der Waals surface area (Å²) in [4.78, 5) is 20.9. The van der Waals surface area contributed by atoms with E-state index in [0.29, 0.717) is 17.9 Å². The number of aromatic nitrogens is 2. The van der Waals surface area contributed by atoms with Gasteiger partial charge in [-0.05, 0) is 60.2 Å². The van der Waals surface area contributed by atoms with Crippen molar-refractivity contribution in [1.82, 2.24) is 9.38 Å². The normalized spacial score (nSPS) is 14.5. The molecule has 0 aliphatic carbocycles. The molecule has 2 aromatic carbocycles. The molecule has 0 N–H and O–H groups in total. The number of cyclic esters (lactones) is 1. The number of imidazole rings is 1. The van der Waals surface area contributed by atoms with Crippen LogP contribution in [0.25, 0.3) is 11.7 Å². The van der Waals surface area contributed by atoms with Crippen LogP contribution in [0.1, 0.15) is 16.8 Å². The molecule has 0 amide bonds. The van der Waals surface area contributed by atoms with Gasteiger partial charge >= 0.3 is 12.6 Å². The topological polar surface area (TPSA) is 74.4 Å². The van der Waals surface area contributed by atoms with Crippen molar-refractivity contribution in [3.63, 3.8) is 0 Å². The molecule has 9 heteroatoms. The number of pyridine rings is 1. The Balaban J connectivity index is 1.24. The number of carbonyl (C=O) groups excluding carboxylic acids is 1. The number of esters is 1. The van der Waals surface area contributed by atoms with Crippen LogP contribution in [-0.4, -0.2) is 27.9 Å². The van der Waals surface area contributed by atoms with E-state index >= 15 is 0 Å². The Bertz CT molecular complexity index is 1360. The van der Waals surface area contributed by atoms with Gasteiger partial charge in [0.25, 0.3) is 0 Å². The van der Waals surface area contributed by atoms with Crippen LogP contribution in [0.2, 0.25) is 0 Å². The zero-order valence-electron chi connectivity index (χ0n) is 17.6. The van der Waals surface area contributed by atoms with E-state index in [9.17, 15) is 13.6 Å². The molecular formula is C25H17F2N3O4. The predicted molar refractivity (Wildman–Crippen MR) is 120 cm³/mol. The van der Waals surface area contributed by atoms with Crippen LogP contribution >= 0.6 is 0 Å². The summed E-state index contributed by atoms with van der Waals surface area (Å²) < 4.78 is 41.8. The van der Waals surface area contributed by atoms with Crippen LogP contribution in [0, 0.1) is 0 Å². The fraction of sp³-hybridized carbons (Fsp3) is 0.0800. The summed E-state index contributed by atoms with van der Waals surface area (Å²) in [5, 5.41) is 0. The van der Waals surface area contributed by atoms with E-state index in [1.54, 1.807) is 30.3 Å². The molecule has 0 bridgehead atoms. The third-order valence-corrected chi connectivity index (χ3v) is 4.93. The number of rotatable bonds is 7. The van der Waals surface area contributed by atoms with Gasteiger partial charge in [-0.2, -0.15) is 8.78 Å². The molecule has 2 aromatic heterocycles. The number of hydrogen-bond donors (Lipinski definition) is 0. The molecule has 34 heavy (non-hydrogen) atoms. The van der Waals surface area contributed by atoms with E-state index in [1.807, 2.05) is 35.0 Å². The molecule has 4 aromatic rings. The molecule has 0 spiro atoms. The standard InChI is InChI=1S/C25H17F2N3O4/c26-25(27)33-20-10-6-17(7-11-20)23-29-21(24(31)34-23)13-16-4-8-19(9-5-16)32-15-18-14-30-12-2-1-3-22(30)28-18/h1-14,25H,15H2/b21-13-. The molecule has 1 aliphatic rings. The summed E-state index contributed by atoms with van der Waals surface area (Å²) in [7, 11) is 0. The van der Waals surface area contributed by atoms with Crippen molar-refractivity contribution in [2.75, 3.05) is 0 Å². The molecule has 0 saturated carbocycles. The minimum atomic E-state index is -2.91. The second-order valence-corrected chi connectivity index (χ2v) is 7.29. The van der Waals surface area contributed by atoms with Gasteiger partial charge < -0.3 is 18.6 Å². The van der Waals surface area contributed by atoms with Crippen LogP contribution in [0.5, 0.6) is 11.5 Å². The summed E-state index contributed by atoms with van der Waals surface area (Å²) in [5.41, 5.74) is 2.98. The van der Waals surface area contributed by atoms with Crippen LogP contribution in [0.15, 0.2) is 89.8 Å². The Morgan fingerprint density at radius 2 is 1.76 bits per heavy atom. The van der Waals surface area contributed by atoms with E-state index in [1.165, 1.54) is 24.3 Å². The first-order chi connectivity index (χ1) is 16.5. The summed E-state index contributed by atoms with van der Waals surface area (Å²) in [5.74, 6) is 0.147. The summed E-state index contributed by atoms with van der Waals surface area (Å²) in [6.45, 7) is -2.59. The number of carbonyl (C=O) groups is 1. The summed E-state index contributed by atoms with van der Waals surface area (Å²) >= 11 is 0. The maximum absolute atomic E-state index is 12.3. The Morgan fingerprint density at radius 3 is 2.50 bits per heavy atom. The highest BCUT2D eigenvalue weighted by atomic mass is 19.3. The molecule has 7 nitrogen and oxygen atoms in total. The van der Waals surface area contributed by atoms with Crippen molar-refractivity contribution in [3.8, 4) is 11.5 Å². The SMILES string of the molecule is O=C1OC(c2ccc(OC(F)F)cc2)=N/C1=C\c1ccc(OCc2cn3ccccc3n2)cc1. The average molecular weight is 461 g/mol. The zero-order valence-corrected chi connectivity index (χ0v) is 17.6. The molecule has 0 radical (unpaired) electrons. The zero-order chi connectivity index (χ0) is 23.5. The average Bonchev–Trinajstić information content (AvgIpc) is 3.42.